The monoisotopic (exact) mass is 375 g/mol. The van der Waals surface area contributed by atoms with Gasteiger partial charge in [-0.15, -0.1) is 0 Å². The summed E-state index contributed by atoms with van der Waals surface area (Å²) in [4.78, 5) is 12.2. The zero-order valence-electron chi connectivity index (χ0n) is 14.5. The number of hydrogen-bond donors (Lipinski definition) is 1. The molecule has 138 valence electrons. The number of sulfonamides is 1. The van der Waals surface area contributed by atoms with Crippen LogP contribution in [-0.4, -0.2) is 33.6 Å². The Morgan fingerprint density at radius 3 is 2.42 bits per heavy atom. The lowest BCUT2D eigenvalue weighted by atomic mass is 10.2. The molecule has 0 unspecified atom stereocenters. The van der Waals surface area contributed by atoms with Crippen molar-refractivity contribution in [1.82, 2.24) is 4.72 Å². The zero-order valence-corrected chi connectivity index (χ0v) is 15.3. The highest BCUT2D eigenvalue weighted by atomic mass is 32.2. The van der Waals surface area contributed by atoms with Gasteiger partial charge >= 0.3 is 5.97 Å². The second kappa shape index (κ2) is 7.88. The van der Waals surface area contributed by atoms with E-state index in [1.807, 2.05) is 31.2 Å². The third-order valence-corrected chi connectivity index (χ3v) is 5.50. The highest BCUT2D eigenvalue weighted by molar-refractivity contribution is 7.89. The summed E-state index contributed by atoms with van der Waals surface area (Å²) in [6.07, 6.45) is 1.74. The number of benzene rings is 2. The van der Waals surface area contributed by atoms with Crippen molar-refractivity contribution < 1.29 is 22.7 Å². The minimum absolute atomic E-state index is 0.0397. The number of esters is 1. The summed E-state index contributed by atoms with van der Waals surface area (Å²) in [7, 11) is -3.52. The van der Waals surface area contributed by atoms with Crippen LogP contribution >= 0.6 is 0 Å². The first-order valence-corrected chi connectivity index (χ1v) is 9.92. The van der Waals surface area contributed by atoms with Gasteiger partial charge in [-0.05, 0) is 55.7 Å². The van der Waals surface area contributed by atoms with E-state index in [2.05, 4.69) is 4.72 Å². The van der Waals surface area contributed by atoms with Crippen LogP contribution in [0.4, 0.5) is 0 Å². The van der Waals surface area contributed by atoms with Gasteiger partial charge in [-0.3, -0.25) is 0 Å². The number of nitrogens with one attached hydrogen (secondary N) is 1. The van der Waals surface area contributed by atoms with Gasteiger partial charge in [-0.2, -0.15) is 0 Å². The fourth-order valence-corrected chi connectivity index (χ4v) is 3.65. The van der Waals surface area contributed by atoms with Gasteiger partial charge in [0.05, 0.1) is 10.5 Å². The van der Waals surface area contributed by atoms with E-state index in [4.69, 9.17) is 9.47 Å². The van der Waals surface area contributed by atoms with Gasteiger partial charge in [0.25, 0.3) is 0 Å². The molecule has 0 spiro atoms. The van der Waals surface area contributed by atoms with Gasteiger partial charge in [-0.1, -0.05) is 18.2 Å². The molecule has 26 heavy (non-hydrogen) atoms. The van der Waals surface area contributed by atoms with Crippen molar-refractivity contribution in [2.75, 3.05) is 13.2 Å². The predicted octanol–water partition coefficient (Wildman–Crippen LogP) is 2.67. The number of carbonyl (C=O) groups is 1. The maximum absolute atomic E-state index is 12.1. The van der Waals surface area contributed by atoms with Crippen molar-refractivity contribution in [3.63, 3.8) is 0 Å². The lowest BCUT2D eigenvalue weighted by molar-refractivity contribution is 0.0450. The molecule has 1 aliphatic carbocycles. The molecule has 1 N–H and O–H groups in total. The van der Waals surface area contributed by atoms with Crippen molar-refractivity contribution in [3.8, 4) is 5.75 Å². The Morgan fingerprint density at radius 2 is 1.77 bits per heavy atom. The quantitative estimate of drug-likeness (QED) is 0.567. The Hall–Kier alpha value is -2.38. The SMILES string of the molecule is Cc1ccccc1OCCOC(=O)c1ccc(S(=O)(=O)NC2CC2)cc1. The first kappa shape index (κ1) is 18.4. The van der Waals surface area contributed by atoms with E-state index in [-0.39, 0.29) is 24.2 Å². The molecule has 0 aliphatic heterocycles. The van der Waals surface area contributed by atoms with Gasteiger partial charge in [0, 0.05) is 6.04 Å². The normalized spacial score (nSPS) is 14.0. The summed E-state index contributed by atoms with van der Waals surface area (Å²) in [6, 6.07) is 13.3. The van der Waals surface area contributed by atoms with Crippen molar-refractivity contribution in [2.24, 2.45) is 0 Å². The molecule has 0 bridgehead atoms. The molecular formula is C19H21NO5S. The van der Waals surface area contributed by atoms with Crippen LogP contribution < -0.4 is 9.46 Å². The standard InChI is InChI=1S/C19H21NO5S/c1-14-4-2-3-5-18(14)24-12-13-25-19(21)15-6-10-17(11-7-15)26(22,23)20-16-8-9-16/h2-7,10-11,16,20H,8-9,12-13H2,1H3. The van der Waals surface area contributed by atoms with Gasteiger partial charge in [0.15, 0.2) is 0 Å². The molecule has 3 rings (SSSR count). The van der Waals surface area contributed by atoms with Crippen LogP contribution in [-0.2, 0) is 14.8 Å². The summed E-state index contributed by atoms with van der Waals surface area (Å²) < 4.78 is 37.5. The summed E-state index contributed by atoms with van der Waals surface area (Å²) >= 11 is 0. The Morgan fingerprint density at radius 1 is 1.08 bits per heavy atom. The Bertz CT molecular complexity index is 873. The number of rotatable bonds is 8. The van der Waals surface area contributed by atoms with Gasteiger partial charge < -0.3 is 9.47 Å². The second-order valence-corrected chi connectivity index (χ2v) is 7.88. The number of aryl methyl sites for hydroxylation is 1. The smallest absolute Gasteiger partial charge is 0.338 e. The summed E-state index contributed by atoms with van der Waals surface area (Å²) in [6.45, 7) is 2.29. The Balaban J connectivity index is 1.49. The summed E-state index contributed by atoms with van der Waals surface area (Å²) in [5, 5.41) is 0. The molecule has 7 heteroatoms. The molecule has 1 fully saturated rings. The number of ether oxygens (including phenoxy) is 2. The topological polar surface area (TPSA) is 81.7 Å². The van der Waals surface area contributed by atoms with Crippen molar-refractivity contribution in [3.05, 3.63) is 59.7 Å². The summed E-state index contributed by atoms with van der Waals surface area (Å²) in [5.41, 5.74) is 1.31. The maximum atomic E-state index is 12.1. The van der Waals surface area contributed by atoms with Crippen LogP contribution in [0.25, 0.3) is 0 Å². The molecule has 0 amide bonds. The van der Waals surface area contributed by atoms with Crippen LogP contribution in [0.3, 0.4) is 0 Å². The molecule has 0 radical (unpaired) electrons. The molecule has 1 saturated carbocycles. The predicted molar refractivity (Wildman–Crippen MR) is 96.7 cm³/mol. The largest absolute Gasteiger partial charge is 0.490 e. The van der Waals surface area contributed by atoms with E-state index >= 15 is 0 Å². The first-order valence-electron chi connectivity index (χ1n) is 8.44. The number of para-hydroxylation sites is 1. The van der Waals surface area contributed by atoms with Crippen LogP contribution in [0.2, 0.25) is 0 Å². The van der Waals surface area contributed by atoms with E-state index in [1.165, 1.54) is 24.3 Å². The lowest BCUT2D eigenvalue weighted by Crippen LogP contribution is -2.25. The van der Waals surface area contributed by atoms with Gasteiger partial charge in [-0.25, -0.2) is 17.9 Å². The van der Waals surface area contributed by atoms with Crippen LogP contribution in [0.1, 0.15) is 28.8 Å². The van der Waals surface area contributed by atoms with E-state index in [9.17, 15) is 13.2 Å². The molecule has 6 nitrogen and oxygen atoms in total. The third kappa shape index (κ3) is 4.83. The molecule has 1 aliphatic rings. The highest BCUT2D eigenvalue weighted by Crippen LogP contribution is 2.22. The minimum atomic E-state index is -3.52. The Kier molecular flexibility index (Phi) is 5.58. The van der Waals surface area contributed by atoms with Crippen molar-refractivity contribution in [1.29, 1.82) is 0 Å². The molecular weight excluding hydrogens is 354 g/mol. The van der Waals surface area contributed by atoms with E-state index < -0.39 is 16.0 Å². The first-order chi connectivity index (χ1) is 12.5. The zero-order chi connectivity index (χ0) is 18.6. The third-order valence-electron chi connectivity index (χ3n) is 3.97. The number of carbonyl (C=O) groups excluding carboxylic acids is 1. The van der Waals surface area contributed by atoms with E-state index in [1.54, 1.807) is 0 Å². The fraction of sp³-hybridized carbons (Fsp3) is 0.316. The van der Waals surface area contributed by atoms with E-state index in [0.29, 0.717) is 5.56 Å². The van der Waals surface area contributed by atoms with Crippen LogP contribution in [0.15, 0.2) is 53.4 Å². The molecule has 0 heterocycles. The average molecular weight is 375 g/mol. The number of hydrogen-bond acceptors (Lipinski definition) is 5. The van der Waals surface area contributed by atoms with Crippen molar-refractivity contribution >= 4 is 16.0 Å². The Labute approximate surface area is 153 Å². The van der Waals surface area contributed by atoms with Crippen LogP contribution in [0.5, 0.6) is 5.75 Å². The van der Waals surface area contributed by atoms with Gasteiger partial charge in [0.1, 0.15) is 19.0 Å². The van der Waals surface area contributed by atoms with E-state index in [0.717, 1.165) is 24.2 Å². The molecule has 0 aromatic heterocycles. The van der Waals surface area contributed by atoms with Gasteiger partial charge in [0.2, 0.25) is 10.0 Å². The maximum Gasteiger partial charge on any atom is 0.338 e. The lowest BCUT2D eigenvalue weighted by Gasteiger charge is -2.10. The highest BCUT2D eigenvalue weighted by Gasteiger charge is 2.28. The fourth-order valence-electron chi connectivity index (χ4n) is 2.35. The van der Waals surface area contributed by atoms with Crippen LogP contribution in [0, 0.1) is 6.92 Å². The minimum Gasteiger partial charge on any atom is -0.490 e. The summed E-state index contributed by atoms with van der Waals surface area (Å²) in [5.74, 6) is 0.235. The molecule has 2 aromatic carbocycles. The molecule has 0 atom stereocenters. The molecule has 2 aromatic rings. The molecule has 0 saturated heterocycles. The van der Waals surface area contributed by atoms with Crippen molar-refractivity contribution in [2.45, 2.75) is 30.7 Å². The second-order valence-electron chi connectivity index (χ2n) is 6.17. The average Bonchev–Trinajstić information content (AvgIpc) is 3.43.